The second-order valence-corrected chi connectivity index (χ2v) is 5.58. The van der Waals surface area contributed by atoms with Crippen molar-refractivity contribution in [2.24, 2.45) is 5.10 Å². The Kier molecular flexibility index (Phi) is 4.99. The second-order valence-electron chi connectivity index (χ2n) is 5.58. The molecule has 1 heterocycles. The fourth-order valence-electron chi connectivity index (χ4n) is 2.61. The maximum atomic E-state index is 11.9. The van der Waals surface area contributed by atoms with Gasteiger partial charge < -0.3 is 14.8 Å². The summed E-state index contributed by atoms with van der Waals surface area (Å²) in [6.07, 6.45) is 4.38. The van der Waals surface area contributed by atoms with Crippen LogP contribution in [0.1, 0.15) is 17.5 Å². The molecular formula is C19H19N3O3. The number of aromatic hydroxyl groups is 1. The molecule has 0 unspecified atom stereocenters. The molecule has 6 heteroatoms. The maximum Gasteiger partial charge on any atom is 0.240 e. The Labute approximate surface area is 145 Å². The summed E-state index contributed by atoms with van der Waals surface area (Å²) >= 11 is 0. The Morgan fingerprint density at radius 2 is 2.16 bits per heavy atom. The lowest BCUT2D eigenvalue weighted by Crippen LogP contribution is -2.17. The van der Waals surface area contributed by atoms with Gasteiger partial charge >= 0.3 is 0 Å². The quantitative estimate of drug-likeness (QED) is 0.477. The number of H-pyrrole nitrogens is 1. The van der Waals surface area contributed by atoms with Gasteiger partial charge in [0.1, 0.15) is 0 Å². The van der Waals surface area contributed by atoms with Crippen molar-refractivity contribution < 1.29 is 14.6 Å². The zero-order chi connectivity index (χ0) is 17.6. The van der Waals surface area contributed by atoms with Gasteiger partial charge in [-0.25, -0.2) is 5.43 Å². The molecule has 0 aliphatic heterocycles. The van der Waals surface area contributed by atoms with Gasteiger partial charge in [-0.3, -0.25) is 4.79 Å². The normalized spacial score (nSPS) is 11.1. The third-order valence-corrected chi connectivity index (χ3v) is 3.90. The van der Waals surface area contributed by atoms with E-state index in [1.54, 1.807) is 12.1 Å². The number of phenolic OH excluding ortho intramolecular Hbond substituents is 1. The minimum atomic E-state index is -0.167. The van der Waals surface area contributed by atoms with E-state index in [1.807, 2.05) is 30.5 Å². The monoisotopic (exact) mass is 337 g/mol. The number of amides is 1. The average Bonchev–Trinajstić information content (AvgIpc) is 3.03. The number of nitrogens with zero attached hydrogens (tertiary/aromatic N) is 1. The number of aromatic nitrogens is 1. The van der Waals surface area contributed by atoms with Gasteiger partial charge in [0.15, 0.2) is 11.5 Å². The molecule has 0 bridgehead atoms. The van der Waals surface area contributed by atoms with Crippen LogP contribution in [0.15, 0.2) is 53.8 Å². The van der Waals surface area contributed by atoms with Crippen LogP contribution in [0.4, 0.5) is 0 Å². The van der Waals surface area contributed by atoms with E-state index in [0.29, 0.717) is 24.2 Å². The van der Waals surface area contributed by atoms with Crippen molar-refractivity contribution in [2.45, 2.75) is 12.8 Å². The van der Waals surface area contributed by atoms with Crippen LogP contribution in [0.3, 0.4) is 0 Å². The van der Waals surface area contributed by atoms with Crippen LogP contribution in [0, 0.1) is 0 Å². The SMILES string of the molecule is COc1ccc(C=NNC(=O)CCc2c[nH]c3ccccc23)cc1O. The Morgan fingerprint density at radius 1 is 1.32 bits per heavy atom. The number of hydrazone groups is 1. The predicted molar refractivity (Wildman–Crippen MR) is 97.0 cm³/mol. The molecule has 1 aromatic heterocycles. The summed E-state index contributed by atoms with van der Waals surface area (Å²) in [5, 5.41) is 14.7. The zero-order valence-electron chi connectivity index (χ0n) is 13.8. The number of nitrogens with one attached hydrogen (secondary N) is 2. The smallest absolute Gasteiger partial charge is 0.240 e. The lowest BCUT2D eigenvalue weighted by Gasteiger charge is -2.03. The van der Waals surface area contributed by atoms with Gasteiger partial charge in [0.05, 0.1) is 13.3 Å². The number of hydrogen-bond donors (Lipinski definition) is 3. The molecule has 128 valence electrons. The number of hydrogen-bond acceptors (Lipinski definition) is 4. The first-order valence-electron chi connectivity index (χ1n) is 7.91. The highest BCUT2D eigenvalue weighted by Gasteiger charge is 2.06. The van der Waals surface area contributed by atoms with Crippen molar-refractivity contribution >= 4 is 23.0 Å². The molecule has 2 aromatic carbocycles. The number of phenols is 1. The topological polar surface area (TPSA) is 86.7 Å². The largest absolute Gasteiger partial charge is 0.504 e. The molecule has 0 aliphatic carbocycles. The van der Waals surface area contributed by atoms with Crippen LogP contribution in [0.25, 0.3) is 10.9 Å². The Bertz CT molecular complexity index is 915. The van der Waals surface area contributed by atoms with E-state index in [2.05, 4.69) is 15.5 Å². The van der Waals surface area contributed by atoms with Gasteiger partial charge in [0.2, 0.25) is 5.91 Å². The van der Waals surface area contributed by atoms with Crippen LogP contribution in [0.2, 0.25) is 0 Å². The predicted octanol–water partition coefficient (Wildman–Crippen LogP) is 2.97. The maximum absolute atomic E-state index is 11.9. The van der Waals surface area contributed by atoms with Crippen molar-refractivity contribution in [3.05, 3.63) is 59.8 Å². The van der Waals surface area contributed by atoms with Crippen LogP contribution in [-0.2, 0) is 11.2 Å². The van der Waals surface area contributed by atoms with E-state index in [1.165, 1.54) is 19.4 Å². The summed E-state index contributed by atoms with van der Waals surface area (Å²) < 4.78 is 4.97. The molecule has 0 atom stereocenters. The Morgan fingerprint density at radius 3 is 2.96 bits per heavy atom. The first-order valence-corrected chi connectivity index (χ1v) is 7.91. The summed E-state index contributed by atoms with van der Waals surface area (Å²) in [6.45, 7) is 0. The molecule has 25 heavy (non-hydrogen) atoms. The number of para-hydroxylation sites is 1. The molecular weight excluding hydrogens is 318 g/mol. The summed E-state index contributed by atoms with van der Waals surface area (Å²) in [7, 11) is 1.48. The first kappa shape index (κ1) is 16.6. The number of carbonyl (C=O) groups is 1. The lowest BCUT2D eigenvalue weighted by molar-refractivity contribution is -0.121. The van der Waals surface area contributed by atoms with E-state index in [0.717, 1.165) is 16.5 Å². The minimum absolute atomic E-state index is 0.0251. The number of methoxy groups -OCH3 is 1. The standard InChI is InChI=1S/C19H19N3O3/c1-25-18-8-6-13(10-17(18)23)11-21-22-19(24)9-7-14-12-20-16-5-3-2-4-15(14)16/h2-6,8,10-12,20,23H,7,9H2,1H3,(H,22,24). The average molecular weight is 337 g/mol. The number of benzene rings is 2. The molecule has 6 nitrogen and oxygen atoms in total. The van der Waals surface area contributed by atoms with Crippen molar-refractivity contribution in [2.75, 3.05) is 7.11 Å². The van der Waals surface area contributed by atoms with Gasteiger partial charge in [-0.1, -0.05) is 18.2 Å². The van der Waals surface area contributed by atoms with E-state index in [-0.39, 0.29) is 11.7 Å². The van der Waals surface area contributed by atoms with E-state index < -0.39 is 0 Å². The Hall–Kier alpha value is -3.28. The number of rotatable bonds is 6. The fourth-order valence-corrected chi connectivity index (χ4v) is 2.61. The van der Waals surface area contributed by atoms with Gasteiger partial charge in [-0.15, -0.1) is 0 Å². The van der Waals surface area contributed by atoms with Crippen LogP contribution >= 0.6 is 0 Å². The van der Waals surface area contributed by atoms with Crippen molar-refractivity contribution in [1.82, 2.24) is 10.4 Å². The van der Waals surface area contributed by atoms with Crippen molar-refractivity contribution in [1.29, 1.82) is 0 Å². The van der Waals surface area contributed by atoms with E-state index in [9.17, 15) is 9.90 Å². The lowest BCUT2D eigenvalue weighted by atomic mass is 10.1. The second kappa shape index (κ2) is 7.53. The fraction of sp³-hybridized carbons (Fsp3) is 0.158. The third kappa shape index (κ3) is 3.98. The minimum Gasteiger partial charge on any atom is -0.504 e. The third-order valence-electron chi connectivity index (χ3n) is 3.90. The highest BCUT2D eigenvalue weighted by atomic mass is 16.5. The molecule has 0 fully saturated rings. The molecule has 3 N–H and O–H groups in total. The van der Waals surface area contributed by atoms with Crippen molar-refractivity contribution in [3.8, 4) is 11.5 Å². The number of aromatic amines is 1. The van der Waals surface area contributed by atoms with Gasteiger partial charge in [0, 0.05) is 23.5 Å². The number of ether oxygens (including phenoxy) is 1. The molecule has 1 amide bonds. The molecule has 0 radical (unpaired) electrons. The number of fused-ring (bicyclic) bond motifs is 1. The van der Waals surface area contributed by atoms with Crippen LogP contribution < -0.4 is 10.2 Å². The number of aryl methyl sites for hydroxylation is 1. The van der Waals surface area contributed by atoms with E-state index >= 15 is 0 Å². The van der Waals surface area contributed by atoms with Gasteiger partial charge in [-0.2, -0.15) is 5.10 Å². The number of carbonyl (C=O) groups excluding carboxylic acids is 1. The summed E-state index contributed by atoms with van der Waals surface area (Å²) in [6, 6.07) is 12.9. The highest BCUT2D eigenvalue weighted by Crippen LogP contribution is 2.25. The van der Waals surface area contributed by atoms with Crippen molar-refractivity contribution in [3.63, 3.8) is 0 Å². The molecule has 0 saturated heterocycles. The van der Waals surface area contributed by atoms with Crippen LogP contribution in [-0.4, -0.2) is 29.3 Å². The van der Waals surface area contributed by atoms with E-state index in [4.69, 9.17) is 4.74 Å². The molecule has 3 rings (SSSR count). The Balaban J connectivity index is 1.53. The van der Waals surface area contributed by atoms with Crippen LogP contribution in [0.5, 0.6) is 11.5 Å². The zero-order valence-corrected chi connectivity index (χ0v) is 13.8. The molecule has 3 aromatic rings. The summed E-state index contributed by atoms with van der Waals surface area (Å²) in [5.74, 6) is 0.247. The molecule has 0 saturated carbocycles. The first-order chi connectivity index (χ1) is 12.2. The highest BCUT2D eigenvalue weighted by molar-refractivity contribution is 5.85. The summed E-state index contributed by atoms with van der Waals surface area (Å²) in [5.41, 5.74) is 5.33. The van der Waals surface area contributed by atoms with Gasteiger partial charge in [-0.05, 0) is 41.8 Å². The molecule has 0 spiro atoms. The summed E-state index contributed by atoms with van der Waals surface area (Å²) in [4.78, 5) is 15.1. The van der Waals surface area contributed by atoms with Gasteiger partial charge in [0.25, 0.3) is 0 Å². The molecule has 0 aliphatic rings.